The molecular formula is C25H42IN5O2. The number of amides is 1. The molecule has 186 valence electrons. The number of nitrogens with one attached hydrogen (secondary N) is 3. The van der Waals surface area contributed by atoms with Crippen molar-refractivity contribution in [1.82, 2.24) is 20.9 Å². The molecule has 0 radical (unpaired) electrons. The molecule has 2 aliphatic rings. The Labute approximate surface area is 216 Å². The summed E-state index contributed by atoms with van der Waals surface area (Å²) in [7, 11) is 1.82. The zero-order valence-corrected chi connectivity index (χ0v) is 22.8. The van der Waals surface area contributed by atoms with Gasteiger partial charge in [-0.1, -0.05) is 38.3 Å². The third-order valence-electron chi connectivity index (χ3n) is 6.94. The number of ether oxygens (including phenoxy) is 1. The highest BCUT2D eigenvalue weighted by Gasteiger charge is 2.38. The van der Waals surface area contributed by atoms with Gasteiger partial charge in [-0.05, 0) is 43.9 Å². The first kappa shape index (κ1) is 27.9. The molecule has 3 N–H and O–H groups in total. The highest BCUT2D eigenvalue weighted by Crippen LogP contribution is 2.33. The maximum absolute atomic E-state index is 12.3. The Hall–Kier alpha value is -1.39. The van der Waals surface area contributed by atoms with Gasteiger partial charge in [-0.15, -0.1) is 24.0 Å². The fraction of sp³-hybridized carbons (Fsp3) is 0.680. The SMILES string of the molecule is CCC(C)NC(=O)c1ccc(CNC(=NC)NCC2(N3CCOCC3)CCCCC2)cc1.I. The second-order valence-electron chi connectivity index (χ2n) is 9.14. The summed E-state index contributed by atoms with van der Waals surface area (Å²) in [6.07, 6.45) is 7.32. The number of halogens is 1. The number of aliphatic imine (C=N–C) groups is 1. The number of morpholine rings is 1. The molecule has 33 heavy (non-hydrogen) atoms. The molecule has 1 aliphatic carbocycles. The molecule has 0 bridgehead atoms. The van der Waals surface area contributed by atoms with Gasteiger partial charge in [0.05, 0.1) is 13.2 Å². The average molecular weight is 572 g/mol. The van der Waals surface area contributed by atoms with Gasteiger partial charge in [0.1, 0.15) is 0 Å². The monoisotopic (exact) mass is 571 g/mol. The molecule has 1 heterocycles. The fourth-order valence-corrected chi connectivity index (χ4v) is 4.69. The quantitative estimate of drug-likeness (QED) is 0.253. The van der Waals surface area contributed by atoms with Crippen molar-refractivity contribution in [2.24, 2.45) is 4.99 Å². The van der Waals surface area contributed by atoms with Gasteiger partial charge in [0, 0.05) is 50.4 Å². The van der Waals surface area contributed by atoms with Crippen molar-refractivity contribution >= 4 is 35.8 Å². The zero-order valence-electron chi connectivity index (χ0n) is 20.5. The van der Waals surface area contributed by atoms with Crippen LogP contribution in [0.5, 0.6) is 0 Å². The highest BCUT2D eigenvalue weighted by molar-refractivity contribution is 14.0. The summed E-state index contributed by atoms with van der Waals surface area (Å²) in [6.45, 7) is 9.36. The van der Waals surface area contributed by atoms with Gasteiger partial charge >= 0.3 is 0 Å². The second-order valence-corrected chi connectivity index (χ2v) is 9.14. The minimum absolute atomic E-state index is 0. The topological polar surface area (TPSA) is 78.0 Å². The molecule has 0 spiro atoms. The largest absolute Gasteiger partial charge is 0.379 e. The van der Waals surface area contributed by atoms with Crippen LogP contribution in [0.4, 0.5) is 0 Å². The molecule has 1 atom stereocenters. The average Bonchev–Trinajstić information content (AvgIpc) is 2.85. The summed E-state index contributed by atoms with van der Waals surface area (Å²) in [5.74, 6) is 0.805. The number of carbonyl (C=O) groups is 1. The lowest BCUT2D eigenvalue weighted by Crippen LogP contribution is -2.60. The van der Waals surface area contributed by atoms with Crippen molar-refractivity contribution in [3.63, 3.8) is 0 Å². The third kappa shape index (κ3) is 8.10. The number of guanidine groups is 1. The summed E-state index contributed by atoms with van der Waals surface area (Å²) in [4.78, 5) is 19.3. The van der Waals surface area contributed by atoms with Crippen LogP contribution < -0.4 is 16.0 Å². The van der Waals surface area contributed by atoms with Crippen molar-refractivity contribution in [3.05, 3.63) is 35.4 Å². The van der Waals surface area contributed by atoms with E-state index in [1.807, 2.05) is 38.2 Å². The predicted octanol–water partition coefficient (Wildman–Crippen LogP) is 3.53. The second kappa shape index (κ2) is 14.1. The van der Waals surface area contributed by atoms with E-state index in [1.165, 1.54) is 32.1 Å². The summed E-state index contributed by atoms with van der Waals surface area (Å²) >= 11 is 0. The van der Waals surface area contributed by atoms with E-state index in [-0.39, 0.29) is 41.5 Å². The molecule has 3 rings (SSSR count). The normalized spacial score (nSPS) is 19.8. The van der Waals surface area contributed by atoms with Crippen molar-refractivity contribution in [3.8, 4) is 0 Å². The van der Waals surface area contributed by atoms with Crippen molar-refractivity contribution in [2.45, 2.75) is 70.5 Å². The third-order valence-corrected chi connectivity index (χ3v) is 6.94. The van der Waals surface area contributed by atoms with Crippen LogP contribution in [-0.2, 0) is 11.3 Å². The first-order valence-corrected chi connectivity index (χ1v) is 12.2. The number of hydrogen-bond acceptors (Lipinski definition) is 4. The summed E-state index contributed by atoms with van der Waals surface area (Å²) in [5, 5.41) is 10.0. The summed E-state index contributed by atoms with van der Waals surface area (Å²) in [5.41, 5.74) is 2.01. The predicted molar refractivity (Wildman–Crippen MR) is 145 cm³/mol. The molecule has 1 aromatic carbocycles. The van der Waals surface area contributed by atoms with E-state index in [9.17, 15) is 4.79 Å². The summed E-state index contributed by atoms with van der Waals surface area (Å²) in [6, 6.07) is 7.97. The molecule has 2 fully saturated rings. The first-order valence-electron chi connectivity index (χ1n) is 12.2. The number of benzene rings is 1. The number of carbonyl (C=O) groups excluding carboxylic acids is 1. The molecule has 1 saturated heterocycles. The van der Waals surface area contributed by atoms with Gasteiger partial charge < -0.3 is 20.7 Å². The van der Waals surface area contributed by atoms with Crippen LogP contribution in [0.3, 0.4) is 0 Å². The van der Waals surface area contributed by atoms with Crippen LogP contribution >= 0.6 is 24.0 Å². The van der Waals surface area contributed by atoms with E-state index >= 15 is 0 Å². The first-order chi connectivity index (χ1) is 15.6. The fourth-order valence-electron chi connectivity index (χ4n) is 4.69. The van der Waals surface area contributed by atoms with Gasteiger partial charge in [-0.2, -0.15) is 0 Å². The Balaban J connectivity index is 0.00000385. The van der Waals surface area contributed by atoms with Crippen LogP contribution in [0.15, 0.2) is 29.3 Å². The van der Waals surface area contributed by atoms with Crippen LogP contribution in [0.1, 0.15) is 68.3 Å². The lowest BCUT2D eigenvalue weighted by Gasteiger charge is -2.48. The molecule has 8 heteroatoms. The van der Waals surface area contributed by atoms with Crippen LogP contribution in [0.2, 0.25) is 0 Å². The Morgan fingerprint density at radius 3 is 2.39 bits per heavy atom. The molecule has 1 aliphatic heterocycles. The van der Waals surface area contributed by atoms with Crippen molar-refractivity contribution < 1.29 is 9.53 Å². The van der Waals surface area contributed by atoms with Gasteiger partial charge in [0.15, 0.2) is 5.96 Å². The van der Waals surface area contributed by atoms with Crippen molar-refractivity contribution in [2.75, 3.05) is 39.9 Å². The Bertz CT molecular complexity index is 744. The minimum atomic E-state index is -0.0165. The smallest absolute Gasteiger partial charge is 0.251 e. The summed E-state index contributed by atoms with van der Waals surface area (Å²) < 4.78 is 5.59. The standard InChI is InChI=1S/C25H41N5O2.HI/c1-4-20(2)29-23(31)22-10-8-21(9-11-22)18-27-24(26-3)28-19-25(12-6-5-7-13-25)30-14-16-32-17-15-30;/h8-11,20H,4-7,12-19H2,1-3H3,(H,29,31)(H2,26,27,28);1H. The highest BCUT2D eigenvalue weighted by atomic mass is 127. The molecule has 1 amide bonds. The van der Waals surface area contributed by atoms with Crippen molar-refractivity contribution in [1.29, 1.82) is 0 Å². The number of nitrogens with zero attached hydrogens (tertiary/aromatic N) is 2. The molecule has 1 aromatic rings. The molecule has 0 aromatic heterocycles. The van der Waals surface area contributed by atoms with E-state index in [0.29, 0.717) is 12.1 Å². The van der Waals surface area contributed by atoms with Gasteiger partial charge in [-0.3, -0.25) is 14.7 Å². The van der Waals surface area contributed by atoms with Gasteiger partial charge in [-0.25, -0.2) is 0 Å². The Morgan fingerprint density at radius 1 is 1.12 bits per heavy atom. The Morgan fingerprint density at radius 2 is 1.79 bits per heavy atom. The van der Waals surface area contributed by atoms with E-state index in [0.717, 1.165) is 50.8 Å². The van der Waals surface area contributed by atoms with E-state index in [2.05, 4.69) is 32.8 Å². The maximum Gasteiger partial charge on any atom is 0.251 e. The molecule has 1 saturated carbocycles. The number of hydrogen-bond donors (Lipinski definition) is 3. The van der Waals surface area contributed by atoms with Gasteiger partial charge in [0.2, 0.25) is 0 Å². The van der Waals surface area contributed by atoms with E-state index < -0.39 is 0 Å². The maximum atomic E-state index is 12.3. The minimum Gasteiger partial charge on any atom is -0.379 e. The molecule has 1 unspecified atom stereocenters. The number of rotatable bonds is 8. The lowest BCUT2D eigenvalue weighted by molar-refractivity contribution is -0.0352. The molecule has 7 nitrogen and oxygen atoms in total. The lowest BCUT2D eigenvalue weighted by atomic mass is 9.80. The van der Waals surface area contributed by atoms with E-state index in [1.54, 1.807) is 0 Å². The van der Waals surface area contributed by atoms with E-state index in [4.69, 9.17) is 4.74 Å². The Kier molecular flexibility index (Phi) is 11.9. The molecular weight excluding hydrogens is 529 g/mol. The van der Waals surface area contributed by atoms with Crippen LogP contribution in [-0.4, -0.2) is 68.2 Å². The van der Waals surface area contributed by atoms with Gasteiger partial charge in [0.25, 0.3) is 5.91 Å². The zero-order chi connectivity index (χ0) is 22.8. The van der Waals surface area contributed by atoms with Crippen LogP contribution in [0, 0.1) is 0 Å². The van der Waals surface area contributed by atoms with Crippen LogP contribution in [0.25, 0.3) is 0 Å².